The summed E-state index contributed by atoms with van der Waals surface area (Å²) < 4.78 is 0. The molecule has 0 bridgehead atoms. The lowest BCUT2D eigenvalue weighted by Crippen LogP contribution is -2.12. The van der Waals surface area contributed by atoms with Crippen molar-refractivity contribution in [2.75, 3.05) is 0 Å². The van der Waals surface area contributed by atoms with Gasteiger partial charge in [-0.15, -0.1) is 0 Å². The number of Topliss-reactive ketones (excluding diaryl/α,β-unsaturated/α-hetero) is 1. The molecule has 0 spiro atoms. The first-order valence-corrected chi connectivity index (χ1v) is 5.91. The van der Waals surface area contributed by atoms with Crippen LogP contribution in [-0.2, 0) is 0 Å². The molecule has 0 radical (unpaired) electrons. The molecule has 84 valence electrons. The van der Waals surface area contributed by atoms with Crippen molar-refractivity contribution in [2.24, 2.45) is 5.92 Å². The Morgan fingerprint density at radius 1 is 1.25 bits per heavy atom. The van der Waals surface area contributed by atoms with Crippen LogP contribution in [0.3, 0.4) is 0 Å². The van der Waals surface area contributed by atoms with Gasteiger partial charge in [0.25, 0.3) is 0 Å². The van der Waals surface area contributed by atoms with Crippen molar-refractivity contribution in [3.05, 3.63) is 29.8 Å². The molecule has 1 aliphatic carbocycles. The van der Waals surface area contributed by atoms with E-state index < -0.39 is 0 Å². The van der Waals surface area contributed by atoms with Crippen LogP contribution in [0, 0.1) is 18.1 Å². The number of aromatic hydroxyl groups is 1. The molecule has 1 aliphatic rings. The van der Waals surface area contributed by atoms with E-state index in [0.717, 1.165) is 12.8 Å². The number of hydrogen-bond donors (Lipinski definition) is 1. The van der Waals surface area contributed by atoms with E-state index in [1.807, 2.05) is 0 Å². The highest BCUT2D eigenvalue weighted by atomic mass is 16.3. The Kier molecular flexibility index (Phi) is 3.46. The second-order valence-corrected chi connectivity index (χ2v) is 4.51. The molecule has 0 aromatic heterocycles. The van der Waals surface area contributed by atoms with Crippen molar-refractivity contribution in [3.63, 3.8) is 0 Å². The molecule has 16 heavy (non-hydrogen) atoms. The summed E-state index contributed by atoms with van der Waals surface area (Å²) in [4.78, 5) is 11.9. The lowest BCUT2D eigenvalue weighted by molar-refractivity contribution is 0.0947. The smallest absolute Gasteiger partial charge is 0.167 e. The van der Waals surface area contributed by atoms with Crippen LogP contribution in [0.15, 0.2) is 12.1 Å². The predicted octanol–water partition coefficient (Wildman–Crippen LogP) is 3.15. The van der Waals surface area contributed by atoms with E-state index in [2.05, 4.69) is 12.1 Å². The summed E-state index contributed by atoms with van der Waals surface area (Å²) in [6.07, 6.45) is 6.62. The normalized spacial score (nSPS) is 16.8. The maximum atomic E-state index is 11.9. The van der Waals surface area contributed by atoms with Crippen LogP contribution in [0.5, 0.6) is 5.75 Å². The van der Waals surface area contributed by atoms with Crippen molar-refractivity contribution in [3.8, 4) is 5.75 Å². The van der Waals surface area contributed by atoms with Gasteiger partial charge in [-0.3, -0.25) is 4.79 Å². The molecule has 0 atom stereocenters. The van der Waals surface area contributed by atoms with Crippen LogP contribution in [0.4, 0.5) is 0 Å². The molecule has 2 heteroatoms. The van der Waals surface area contributed by atoms with Crippen LogP contribution in [0.1, 0.15) is 48.9 Å². The van der Waals surface area contributed by atoms with E-state index in [1.54, 1.807) is 0 Å². The fraction of sp³-hybridized carbons (Fsp3) is 0.500. The van der Waals surface area contributed by atoms with Gasteiger partial charge in [-0.25, -0.2) is 0 Å². The van der Waals surface area contributed by atoms with Gasteiger partial charge in [-0.1, -0.05) is 44.2 Å². The first-order valence-electron chi connectivity index (χ1n) is 5.91. The van der Waals surface area contributed by atoms with Crippen LogP contribution in [-0.4, -0.2) is 10.9 Å². The summed E-state index contributed by atoms with van der Waals surface area (Å²) in [5.41, 5.74) is 0.393. The maximum Gasteiger partial charge on any atom is 0.167 e. The monoisotopic (exact) mass is 216 g/mol. The van der Waals surface area contributed by atoms with Gasteiger partial charge in [-0.2, -0.15) is 0 Å². The highest BCUT2D eigenvalue weighted by Gasteiger charge is 2.19. The molecule has 0 unspecified atom stereocenters. The summed E-state index contributed by atoms with van der Waals surface area (Å²) in [7, 11) is 0. The largest absolute Gasteiger partial charge is 0.506 e. The second kappa shape index (κ2) is 5.03. The molecule has 0 heterocycles. The molecule has 2 rings (SSSR count). The zero-order valence-electron chi connectivity index (χ0n) is 9.33. The Bertz CT molecular complexity index is 365. The lowest BCUT2D eigenvalue weighted by atomic mass is 9.85. The van der Waals surface area contributed by atoms with Crippen molar-refractivity contribution in [1.82, 2.24) is 0 Å². The Labute approximate surface area is 96.3 Å². The first kappa shape index (κ1) is 11.0. The average Bonchev–Trinajstić information content (AvgIpc) is 2.31. The van der Waals surface area contributed by atoms with Crippen molar-refractivity contribution in [1.29, 1.82) is 0 Å². The number of carbonyl (C=O) groups is 1. The Balaban J connectivity index is 2.00. The first-order chi connectivity index (χ1) is 7.77. The molecule has 1 aromatic rings. The van der Waals surface area contributed by atoms with Gasteiger partial charge in [0.2, 0.25) is 0 Å². The van der Waals surface area contributed by atoms with Crippen LogP contribution in [0.2, 0.25) is 0 Å². The van der Waals surface area contributed by atoms with Crippen LogP contribution in [0.25, 0.3) is 0 Å². The SMILES string of the molecule is O=C(CC1CCCCC1)c1cc#ccc1O. The van der Waals surface area contributed by atoms with E-state index >= 15 is 0 Å². The standard InChI is InChI=1S/C14H16O2/c15-13-9-5-4-8-12(13)14(16)10-11-6-2-1-3-7-11/h8-9,11,15H,1-3,6-7,10H2. The van der Waals surface area contributed by atoms with Crippen molar-refractivity contribution >= 4 is 5.78 Å². The molecule has 2 nitrogen and oxygen atoms in total. The van der Waals surface area contributed by atoms with E-state index in [0.29, 0.717) is 17.9 Å². The number of ketones is 1. The second-order valence-electron chi connectivity index (χ2n) is 4.51. The van der Waals surface area contributed by atoms with Gasteiger partial charge in [0.05, 0.1) is 5.56 Å². The zero-order valence-corrected chi connectivity index (χ0v) is 9.33. The van der Waals surface area contributed by atoms with Crippen molar-refractivity contribution < 1.29 is 9.90 Å². The Hall–Kier alpha value is -1.49. The minimum absolute atomic E-state index is 0.0274. The molecule has 1 aromatic carbocycles. The third kappa shape index (κ3) is 2.55. The minimum Gasteiger partial charge on any atom is -0.506 e. The van der Waals surface area contributed by atoms with Gasteiger partial charge in [0, 0.05) is 18.6 Å². The summed E-state index contributed by atoms with van der Waals surface area (Å²) in [6.45, 7) is 0. The van der Waals surface area contributed by atoms with E-state index in [-0.39, 0.29) is 11.5 Å². The number of carbonyl (C=O) groups excluding carboxylic acids is 1. The summed E-state index contributed by atoms with van der Waals surface area (Å²) in [5, 5.41) is 9.54. The molecule has 0 saturated heterocycles. The number of rotatable bonds is 3. The summed E-state index contributed by atoms with van der Waals surface area (Å²) in [6, 6.07) is 8.27. The van der Waals surface area contributed by atoms with Crippen LogP contribution >= 0.6 is 0 Å². The third-order valence-electron chi connectivity index (χ3n) is 3.28. The summed E-state index contributed by atoms with van der Waals surface area (Å²) in [5.74, 6) is 0.569. The maximum absolute atomic E-state index is 11.9. The van der Waals surface area contributed by atoms with E-state index in [1.165, 1.54) is 31.4 Å². The molecular formula is C14H16O2. The topological polar surface area (TPSA) is 37.3 Å². The fourth-order valence-corrected chi connectivity index (χ4v) is 2.36. The molecule has 0 aliphatic heterocycles. The Morgan fingerprint density at radius 3 is 2.62 bits per heavy atom. The quantitative estimate of drug-likeness (QED) is 0.788. The van der Waals surface area contributed by atoms with E-state index in [9.17, 15) is 9.90 Å². The van der Waals surface area contributed by atoms with E-state index in [4.69, 9.17) is 0 Å². The molecular weight excluding hydrogens is 200 g/mol. The summed E-state index contributed by atoms with van der Waals surface area (Å²) >= 11 is 0. The molecule has 1 fully saturated rings. The third-order valence-corrected chi connectivity index (χ3v) is 3.28. The molecule has 1 N–H and O–H groups in total. The van der Waals surface area contributed by atoms with Gasteiger partial charge in [0.15, 0.2) is 5.78 Å². The fourth-order valence-electron chi connectivity index (χ4n) is 2.36. The van der Waals surface area contributed by atoms with Gasteiger partial charge >= 0.3 is 0 Å². The van der Waals surface area contributed by atoms with Crippen LogP contribution < -0.4 is 0 Å². The van der Waals surface area contributed by atoms with Gasteiger partial charge < -0.3 is 5.11 Å². The van der Waals surface area contributed by atoms with Crippen molar-refractivity contribution in [2.45, 2.75) is 38.5 Å². The molecule has 0 amide bonds. The Morgan fingerprint density at radius 2 is 1.94 bits per heavy atom. The highest BCUT2D eigenvalue weighted by Crippen LogP contribution is 2.28. The lowest BCUT2D eigenvalue weighted by Gasteiger charge is -2.20. The predicted molar refractivity (Wildman–Crippen MR) is 61.3 cm³/mol. The average molecular weight is 216 g/mol. The highest BCUT2D eigenvalue weighted by molar-refractivity contribution is 5.98. The molecule has 1 saturated carbocycles. The van der Waals surface area contributed by atoms with Gasteiger partial charge in [0.1, 0.15) is 5.75 Å². The zero-order chi connectivity index (χ0) is 11.4. The minimum atomic E-state index is 0.0274. The van der Waals surface area contributed by atoms with Gasteiger partial charge in [-0.05, 0) is 5.92 Å². The number of hydrogen-bond acceptors (Lipinski definition) is 2.